The van der Waals surface area contributed by atoms with Crippen LogP contribution in [0.3, 0.4) is 0 Å². The second-order valence-corrected chi connectivity index (χ2v) is 3.77. The molecule has 2 aromatic rings. The number of aromatic nitrogens is 3. The summed E-state index contributed by atoms with van der Waals surface area (Å²) in [6.45, 7) is 3.60. The van der Waals surface area contributed by atoms with Crippen molar-refractivity contribution in [3.05, 3.63) is 18.2 Å². The van der Waals surface area contributed by atoms with Crippen molar-refractivity contribution in [2.24, 2.45) is 0 Å². The van der Waals surface area contributed by atoms with Crippen LogP contribution >= 0.6 is 11.5 Å². The molecule has 0 N–H and O–H groups in total. The molecule has 5 nitrogen and oxygen atoms in total. The fourth-order valence-corrected chi connectivity index (χ4v) is 1.72. The molecule has 0 aliphatic heterocycles. The fourth-order valence-electron chi connectivity index (χ4n) is 1.05. The molecule has 2 aromatic heterocycles. The zero-order valence-corrected chi connectivity index (χ0v) is 8.61. The predicted molar refractivity (Wildman–Crippen MR) is 51.4 cm³/mol. The molecule has 0 spiro atoms. The van der Waals surface area contributed by atoms with Crippen LogP contribution in [0.2, 0.25) is 0 Å². The van der Waals surface area contributed by atoms with Crippen LogP contribution in [-0.4, -0.2) is 25.8 Å². The van der Waals surface area contributed by atoms with E-state index in [9.17, 15) is 4.79 Å². The van der Waals surface area contributed by atoms with Crippen LogP contribution < -0.4 is 0 Å². The molecule has 0 aliphatic rings. The van der Waals surface area contributed by atoms with Gasteiger partial charge in [-0.15, -0.1) is 0 Å². The molecule has 0 aliphatic carbocycles. The highest BCUT2D eigenvalue weighted by Crippen LogP contribution is 2.11. The van der Waals surface area contributed by atoms with Crippen molar-refractivity contribution in [1.82, 2.24) is 13.8 Å². The molecule has 6 heteroatoms. The van der Waals surface area contributed by atoms with Gasteiger partial charge >= 0.3 is 5.97 Å². The van der Waals surface area contributed by atoms with Crippen molar-refractivity contribution in [2.45, 2.75) is 20.0 Å². The largest absolute Gasteiger partial charge is 0.457 e. The van der Waals surface area contributed by atoms with E-state index in [-0.39, 0.29) is 11.9 Å². The van der Waals surface area contributed by atoms with Gasteiger partial charge in [0.2, 0.25) is 10.8 Å². The van der Waals surface area contributed by atoms with Gasteiger partial charge in [0.15, 0.2) is 0 Å². The lowest BCUT2D eigenvalue weighted by atomic mass is 10.5. The van der Waals surface area contributed by atoms with E-state index in [1.54, 1.807) is 30.6 Å². The Labute approximate surface area is 84.5 Å². The Bertz CT molecular complexity index is 460. The van der Waals surface area contributed by atoms with Crippen LogP contribution in [0.25, 0.3) is 4.96 Å². The molecular weight excluding hydrogens is 202 g/mol. The molecular formula is C8H9N3O2S. The third-order valence-corrected chi connectivity index (χ3v) is 2.30. The number of hydrogen-bond acceptors (Lipinski definition) is 5. The first-order chi connectivity index (χ1) is 6.68. The van der Waals surface area contributed by atoms with Crippen molar-refractivity contribution in [3.8, 4) is 0 Å². The highest BCUT2D eigenvalue weighted by molar-refractivity contribution is 7.11. The highest BCUT2D eigenvalue weighted by atomic mass is 32.1. The Morgan fingerprint density at radius 2 is 2.43 bits per heavy atom. The average molecular weight is 211 g/mol. The second-order valence-electron chi connectivity index (χ2n) is 3.04. The zero-order chi connectivity index (χ0) is 10.1. The van der Waals surface area contributed by atoms with Crippen LogP contribution in [0.4, 0.5) is 0 Å². The molecule has 2 heterocycles. The summed E-state index contributed by atoms with van der Waals surface area (Å²) in [7, 11) is 0. The summed E-state index contributed by atoms with van der Waals surface area (Å²) < 4.78 is 10.6. The summed E-state index contributed by atoms with van der Waals surface area (Å²) >= 11 is 1.18. The maximum Gasteiger partial charge on any atom is 0.376 e. The molecule has 0 radical (unpaired) electrons. The minimum atomic E-state index is -0.413. The lowest BCUT2D eigenvalue weighted by Gasteiger charge is -2.05. The summed E-state index contributed by atoms with van der Waals surface area (Å²) in [5.41, 5.74) is 0. The minimum Gasteiger partial charge on any atom is -0.457 e. The van der Waals surface area contributed by atoms with E-state index in [4.69, 9.17) is 4.74 Å². The van der Waals surface area contributed by atoms with Crippen LogP contribution in [0, 0.1) is 0 Å². The van der Waals surface area contributed by atoms with Crippen molar-refractivity contribution in [1.29, 1.82) is 0 Å². The van der Waals surface area contributed by atoms with E-state index < -0.39 is 5.97 Å². The Morgan fingerprint density at radius 3 is 3.14 bits per heavy atom. The number of rotatable bonds is 2. The smallest absolute Gasteiger partial charge is 0.376 e. The number of carbonyl (C=O) groups excluding carboxylic acids is 1. The van der Waals surface area contributed by atoms with Crippen LogP contribution in [0.1, 0.15) is 24.5 Å². The van der Waals surface area contributed by atoms with Crippen LogP contribution in [0.5, 0.6) is 0 Å². The van der Waals surface area contributed by atoms with Crippen molar-refractivity contribution < 1.29 is 9.53 Å². The zero-order valence-electron chi connectivity index (χ0n) is 7.80. The number of nitrogens with zero attached hydrogens (tertiary/aromatic N) is 3. The molecule has 0 bridgehead atoms. The normalized spacial score (nSPS) is 11.1. The van der Waals surface area contributed by atoms with Crippen LogP contribution in [-0.2, 0) is 4.74 Å². The van der Waals surface area contributed by atoms with Crippen molar-refractivity contribution >= 4 is 22.5 Å². The first kappa shape index (κ1) is 9.14. The summed E-state index contributed by atoms with van der Waals surface area (Å²) in [6, 6.07) is 0. The molecule has 74 valence electrons. The Hall–Kier alpha value is -1.43. The van der Waals surface area contributed by atoms with Gasteiger partial charge in [-0.3, -0.25) is 4.40 Å². The molecule has 14 heavy (non-hydrogen) atoms. The highest BCUT2D eigenvalue weighted by Gasteiger charge is 2.16. The summed E-state index contributed by atoms with van der Waals surface area (Å²) in [6.07, 6.45) is 3.18. The fraction of sp³-hybridized carbons (Fsp3) is 0.375. The SMILES string of the molecule is CC(C)OC(=O)c1nsc2nccn12. The van der Waals surface area contributed by atoms with Gasteiger partial charge in [-0.1, -0.05) is 0 Å². The summed E-state index contributed by atoms with van der Waals surface area (Å²) in [4.78, 5) is 16.2. The number of fused-ring (bicyclic) bond motifs is 1. The van der Waals surface area contributed by atoms with E-state index in [0.29, 0.717) is 4.96 Å². The third-order valence-electron chi connectivity index (χ3n) is 1.57. The van der Waals surface area contributed by atoms with Gasteiger partial charge in [-0.2, -0.15) is 4.37 Å². The Balaban J connectivity index is 2.34. The number of ether oxygens (including phenoxy) is 1. The minimum absolute atomic E-state index is 0.136. The van der Waals surface area contributed by atoms with Gasteiger partial charge < -0.3 is 4.74 Å². The standard InChI is InChI=1S/C8H9N3O2S/c1-5(2)13-7(12)6-10-14-8-9-3-4-11(6)8/h3-5H,1-2H3. The topological polar surface area (TPSA) is 56.5 Å². The average Bonchev–Trinajstić information content (AvgIpc) is 2.59. The van der Waals surface area contributed by atoms with Crippen molar-refractivity contribution in [2.75, 3.05) is 0 Å². The lowest BCUT2D eigenvalue weighted by Crippen LogP contribution is -2.14. The van der Waals surface area contributed by atoms with Gasteiger partial charge in [0.1, 0.15) is 0 Å². The first-order valence-corrected chi connectivity index (χ1v) is 4.95. The first-order valence-electron chi connectivity index (χ1n) is 4.18. The number of carbonyl (C=O) groups is 1. The summed E-state index contributed by atoms with van der Waals surface area (Å²) in [5, 5.41) is 0. The molecule has 0 amide bonds. The van der Waals surface area contributed by atoms with Gasteiger partial charge in [0, 0.05) is 23.9 Å². The van der Waals surface area contributed by atoms with Gasteiger partial charge in [-0.25, -0.2) is 9.78 Å². The second kappa shape index (κ2) is 3.38. The maximum atomic E-state index is 11.5. The molecule has 0 saturated carbocycles. The quantitative estimate of drug-likeness (QED) is 0.704. The molecule has 0 atom stereocenters. The molecule has 0 aromatic carbocycles. The lowest BCUT2D eigenvalue weighted by molar-refractivity contribution is 0.0363. The number of hydrogen-bond donors (Lipinski definition) is 0. The molecule has 0 unspecified atom stereocenters. The Kier molecular flexibility index (Phi) is 2.20. The maximum absolute atomic E-state index is 11.5. The molecule has 0 fully saturated rings. The predicted octanol–water partition coefficient (Wildman–Crippen LogP) is 1.36. The van der Waals surface area contributed by atoms with E-state index in [1.807, 2.05) is 0 Å². The number of imidazole rings is 1. The van der Waals surface area contributed by atoms with Crippen molar-refractivity contribution in [3.63, 3.8) is 0 Å². The third kappa shape index (κ3) is 1.48. The van der Waals surface area contributed by atoms with Gasteiger partial charge in [0.25, 0.3) is 0 Å². The van der Waals surface area contributed by atoms with E-state index >= 15 is 0 Å². The molecule has 2 rings (SSSR count). The monoisotopic (exact) mass is 211 g/mol. The Morgan fingerprint density at radius 1 is 1.64 bits per heavy atom. The van der Waals surface area contributed by atoms with E-state index in [2.05, 4.69) is 9.36 Å². The number of esters is 1. The van der Waals surface area contributed by atoms with Gasteiger partial charge in [-0.05, 0) is 13.8 Å². The molecule has 0 saturated heterocycles. The van der Waals surface area contributed by atoms with E-state index in [0.717, 1.165) is 0 Å². The van der Waals surface area contributed by atoms with E-state index in [1.165, 1.54) is 11.5 Å². The van der Waals surface area contributed by atoms with Crippen LogP contribution in [0.15, 0.2) is 12.4 Å². The summed E-state index contributed by atoms with van der Waals surface area (Å²) in [5.74, 6) is -0.125. The van der Waals surface area contributed by atoms with Gasteiger partial charge in [0.05, 0.1) is 6.10 Å².